The molecule has 1 amide bonds. The molecular formula is C19H21N3O3. The van der Waals surface area contributed by atoms with Crippen LogP contribution in [0.4, 0.5) is 0 Å². The average Bonchev–Trinajstić information content (AvgIpc) is 3.09. The summed E-state index contributed by atoms with van der Waals surface area (Å²) in [5, 5.41) is 16.5. The van der Waals surface area contributed by atoms with Crippen molar-refractivity contribution >= 4 is 11.9 Å². The van der Waals surface area contributed by atoms with Crippen molar-refractivity contribution in [2.45, 2.75) is 51.0 Å². The molecule has 2 N–H and O–H groups in total. The SMILES string of the molecule is CCc1ccc(-n2nc(C(=O)NC3(C(=O)O)CC3)c3c2CCC3)cc1. The Kier molecular flexibility index (Phi) is 3.63. The van der Waals surface area contributed by atoms with Crippen molar-refractivity contribution in [3.63, 3.8) is 0 Å². The number of nitrogens with zero attached hydrogens (tertiary/aromatic N) is 2. The zero-order valence-corrected chi connectivity index (χ0v) is 14.2. The standard InChI is InChI=1S/C19H21N3O3/c1-2-12-6-8-13(9-7-12)22-15-5-3-4-14(15)16(21-22)17(23)20-19(10-11-19)18(24)25/h6-9H,2-5,10-11H2,1H3,(H,20,23)(H,24,25). The van der Waals surface area contributed by atoms with Crippen LogP contribution in [0.15, 0.2) is 24.3 Å². The van der Waals surface area contributed by atoms with Gasteiger partial charge >= 0.3 is 5.97 Å². The van der Waals surface area contributed by atoms with Crippen molar-refractivity contribution < 1.29 is 14.7 Å². The predicted molar refractivity (Wildman–Crippen MR) is 92.0 cm³/mol. The summed E-state index contributed by atoms with van der Waals surface area (Å²) in [6.45, 7) is 2.11. The summed E-state index contributed by atoms with van der Waals surface area (Å²) in [5.41, 5.74) is 3.50. The van der Waals surface area contributed by atoms with Gasteiger partial charge in [-0.25, -0.2) is 9.48 Å². The first-order chi connectivity index (χ1) is 12.0. The third-order valence-electron chi connectivity index (χ3n) is 5.25. The van der Waals surface area contributed by atoms with Crippen molar-refractivity contribution in [3.8, 4) is 5.69 Å². The molecule has 1 heterocycles. The Morgan fingerprint density at radius 3 is 2.56 bits per heavy atom. The molecular weight excluding hydrogens is 318 g/mol. The van der Waals surface area contributed by atoms with E-state index in [4.69, 9.17) is 0 Å². The summed E-state index contributed by atoms with van der Waals surface area (Å²) >= 11 is 0. The molecule has 1 fully saturated rings. The van der Waals surface area contributed by atoms with Crippen molar-refractivity contribution in [2.75, 3.05) is 0 Å². The van der Waals surface area contributed by atoms with E-state index in [1.54, 1.807) is 0 Å². The summed E-state index contributed by atoms with van der Waals surface area (Å²) in [5.74, 6) is -1.34. The molecule has 1 saturated carbocycles. The van der Waals surface area contributed by atoms with Crippen LogP contribution in [0.3, 0.4) is 0 Å². The van der Waals surface area contributed by atoms with Crippen LogP contribution in [0, 0.1) is 0 Å². The molecule has 0 spiro atoms. The molecule has 2 aromatic rings. The number of rotatable bonds is 5. The molecule has 0 bridgehead atoms. The number of hydrogen-bond donors (Lipinski definition) is 2. The lowest BCUT2D eigenvalue weighted by molar-refractivity contribution is -0.140. The molecule has 2 aliphatic carbocycles. The van der Waals surface area contributed by atoms with Gasteiger partial charge in [0.15, 0.2) is 5.69 Å². The quantitative estimate of drug-likeness (QED) is 0.875. The van der Waals surface area contributed by atoms with Crippen LogP contribution in [-0.4, -0.2) is 32.3 Å². The summed E-state index contributed by atoms with van der Waals surface area (Å²) < 4.78 is 1.84. The van der Waals surface area contributed by atoms with Crippen LogP contribution in [0.1, 0.15) is 53.5 Å². The third kappa shape index (κ3) is 2.62. The van der Waals surface area contributed by atoms with Crippen LogP contribution in [0.25, 0.3) is 5.69 Å². The van der Waals surface area contributed by atoms with Gasteiger partial charge in [0.25, 0.3) is 5.91 Å². The van der Waals surface area contributed by atoms with Gasteiger partial charge in [0.05, 0.1) is 5.69 Å². The van der Waals surface area contributed by atoms with E-state index in [0.717, 1.165) is 42.6 Å². The first-order valence-corrected chi connectivity index (χ1v) is 8.80. The maximum absolute atomic E-state index is 12.7. The highest BCUT2D eigenvalue weighted by atomic mass is 16.4. The second-order valence-electron chi connectivity index (χ2n) is 6.90. The van der Waals surface area contributed by atoms with Crippen LogP contribution in [0.5, 0.6) is 0 Å². The summed E-state index contributed by atoms with van der Waals surface area (Å²) in [7, 11) is 0. The lowest BCUT2D eigenvalue weighted by Gasteiger charge is -2.11. The molecule has 2 aliphatic rings. The predicted octanol–water partition coefficient (Wildman–Crippen LogP) is 2.27. The number of nitrogens with one attached hydrogen (secondary N) is 1. The van der Waals surface area contributed by atoms with E-state index in [9.17, 15) is 14.7 Å². The number of amides is 1. The van der Waals surface area contributed by atoms with Crippen molar-refractivity contribution in [1.29, 1.82) is 0 Å². The molecule has 0 aliphatic heterocycles. The Morgan fingerprint density at radius 1 is 1.24 bits per heavy atom. The van der Waals surface area contributed by atoms with Crippen LogP contribution >= 0.6 is 0 Å². The molecule has 0 radical (unpaired) electrons. The van der Waals surface area contributed by atoms with E-state index in [1.165, 1.54) is 5.56 Å². The topological polar surface area (TPSA) is 84.2 Å². The minimum Gasteiger partial charge on any atom is -0.480 e. The average molecular weight is 339 g/mol. The molecule has 6 nitrogen and oxygen atoms in total. The highest BCUT2D eigenvalue weighted by Gasteiger charge is 2.52. The fourth-order valence-electron chi connectivity index (χ4n) is 3.50. The number of fused-ring (bicyclic) bond motifs is 1. The molecule has 1 aromatic carbocycles. The van der Waals surface area contributed by atoms with Gasteiger partial charge < -0.3 is 10.4 Å². The van der Waals surface area contributed by atoms with E-state index in [2.05, 4.69) is 29.5 Å². The number of carbonyl (C=O) groups is 2. The maximum Gasteiger partial charge on any atom is 0.329 e. The van der Waals surface area contributed by atoms with Crippen LogP contribution < -0.4 is 5.32 Å². The molecule has 25 heavy (non-hydrogen) atoms. The molecule has 4 rings (SSSR count). The number of hydrogen-bond acceptors (Lipinski definition) is 3. The summed E-state index contributed by atoms with van der Waals surface area (Å²) in [6, 6.07) is 8.18. The second-order valence-corrected chi connectivity index (χ2v) is 6.90. The molecule has 0 saturated heterocycles. The molecule has 130 valence electrons. The normalized spacial score (nSPS) is 17.2. The van der Waals surface area contributed by atoms with Crippen LogP contribution in [-0.2, 0) is 24.1 Å². The van der Waals surface area contributed by atoms with Gasteiger partial charge in [-0.1, -0.05) is 19.1 Å². The van der Waals surface area contributed by atoms with E-state index >= 15 is 0 Å². The third-order valence-corrected chi connectivity index (χ3v) is 5.25. The second kappa shape index (κ2) is 5.72. The zero-order valence-electron chi connectivity index (χ0n) is 14.2. The minimum absolute atomic E-state index is 0.373. The minimum atomic E-state index is -1.09. The number of carboxylic acid groups (broad SMARTS) is 1. The zero-order chi connectivity index (χ0) is 17.6. The van der Waals surface area contributed by atoms with E-state index in [1.807, 2.05) is 16.8 Å². The lowest BCUT2D eigenvalue weighted by Crippen LogP contribution is -2.43. The molecule has 0 unspecified atom stereocenters. The van der Waals surface area contributed by atoms with E-state index < -0.39 is 11.5 Å². The van der Waals surface area contributed by atoms with Gasteiger partial charge in [-0.15, -0.1) is 0 Å². The van der Waals surface area contributed by atoms with Crippen molar-refractivity contribution in [3.05, 3.63) is 46.8 Å². The Bertz CT molecular complexity index is 848. The Balaban J connectivity index is 1.68. The van der Waals surface area contributed by atoms with Crippen molar-refractivity contribution in [1.82, 2.24) is 15.1 Å². The van der Waals surface area contributed by atoms with Crippen LogP contribution in [0.2, 0.25) is 0 Å². The fraction of sp³-hybridized carbons (Fsp3) is 0.421. The largest absolute Gasteiger partial charge is 0.480 e. The summed E-state index contributed by atoms with van der Waals surface area (Å²) in [4.78, 5) is 24.0. The highest BCUT2D eigenvalue weighted by Crippen LogP contribution is 2.36. The number of aryl methyl sites for hydroxylation is 1. The molecule has 1 aromatic heterocycles. The number of aromatic nitrogens is 2. The number of aliphatic carboxylic acids is 1. The highest BCUT2D eigenvalue weighted by molar-refractivity contribution is 5.99. The first-order valence-electron chi connectivity index (χ1n) is 8.80. The van der Waals surface area contributed by atoms with Gasteiger partial charge in [0.1, 0.15) is 5.54 Å². The van der Waals surface area contributed by atoms with Gasteiger partial charge in [-0.05, 0) is 56.2 Å². The van der Waals surface area contributed by atoms with Gasteiger partial charge in [0, 0.05) is 11.3 Å². The maximum atomic E-state index is 12.7. The smallest absolute Gasteiger partial charge is 0.329 e. The lowest BCUT2D eigenvalue weighted by atomic mass is 10.1. The summed E-state index contributed by atoms with van der Waals surface area (Å²) in [6.07, 6.45) is 4.62. The number of carboxylic acids is 1. The fourth-order valence-corrected chi connectivity index (χ4v) is 3.50. The van der Waals surface area contributed by atoms with Gasteiger partial charge in [-0.2, -0.15) is 5.10 Å². The Labute approximate surface area is 145 Å². The number of benzene rings is 1. The van der Waals surface area contributed by atoms with E-state index in [0.29, 0.717) is 18.5 Å². The number of carbonyl (C=O) groups excluding carboxylic acids is 1. The van der Waals surface area contributed by atoms with Gasteiger partial charge in [-0.3, -0.25) is 4.79 Å². The Hall–Kier alpha value is -2.63. The molecule has 0 atom stereocenters. The van der Waals surface area contributed by atoms with E-state index in [-0.39, 0.29) is 5.91 Å². The monoisotopic (exact) mass is 339 g/mol. The van der Waals surface area contributed by atoms with Crippen molar-refractivity contribution in [2.24, 2.45) is 0 Å². The Morgan fingerprint density at radius 2 is 1.96 bits per heavy atom. The van der Waals surface area contributed by atoms with Gasteiger partial charge in [0.2, 0.25) is 0 Å². The first kappa shape index (κ1) is 15.9. The molecule has 6 heteroatoms.